The number of rotatable bonds is 62. The number of carbonyl (C=O) groups excluding carboxylic acids is 17. The van der Waals surface area contributed by atoms with Crippen molar-refractivity contribution in [3.8, 4) is 0 Å². The van der Waals surface area contributed by atoms with E-state index in [0.717, 1.165) is 6.42 Å². The van der Waals surface area contributed by atoms with Crippen LogP contribution in [0.15, 0.2) is 55.4 Å². The van der Waals surface area contributed by atoms with E-state index in [-0.39, 0.29) is 101 Å². The van der Waals surface area contributed by atoms with E-state index in [1.807, 2.05) is 5.32 Å². The molecular formula is C83H132N28O22S. The van der Waals surface area contributed by atoms with Gasteiger partial charge in [-0.25, -0.2) is 9.97 Å². The second-order valence-corrected chi connectivity index (χ2v) is 34.3. The smallest absolute Gasteiger partial charge is 0.322 e. The number of carboxylic acids is 2. The van der Waals surface area contributed by atoms with Gasteiger partial charge in [0.2, 0.25) is 100 Å². The maximum atomic E-state index is 14.8. The highest BCUT2D eigenvalue weighted by atomic mass is 32.2. The van der Waals surface area contributed by atoms with Crippen molar-refractivity contribution in [2.24, 2.45) is 35.0 Å². The molecule has 1 aliphatic heterocycles. The van der Waals surface area contributed by atoms with E-state index in [4.69, 9.17) is 33.1 Å². The van der Waals surface area contributed by atoms with Crippen LogP contribution < -0.4 is 118 Å². The zero-order chi connectivity index (χ0) is 99.8. The highest BCUT2D eigenvalue weighted by Crippen LogP contribution is 2.17. The zero-order valence-electron chi connectivity index (χ0n) is 76.5. The van der Waals surface area contributed by atoms with Crippen LogP contribution in [0.25, 0.3) is 0 Å². The lowest BCUT2D eigenvalue weighted by atomic mass is 9.98. The number of imidazole rings is 2. The van der Waals surface area contributed by atoms with Crippen LogP contribution >= 0.6 is 11.8 Å². The monoisotopic (exact) mass is 1900 g/mol. The molecule has 1 aliphatic rings. The fourth-order valence-electron chi connectivity index (χ4n) is 13.6. The van der Waals surface area contributed by atoms with Gasteiger partial charge in [-0.1, -0.05) is 71.9 Å². The van der Waals surface area contributed by atoms with Crippen molar-refractivity contribution < 1.29 is 106 Å². The second-order valence-electron chi connectivity index (χ2n) is 33.3. The molecule has 0 bridgehead atoms. The Labute approximate surface area is 778 Å². The number of hydrogen-bond donors (Lipinski definition) is 29. The van der Waals surface area contributed by atoms with Crippen molar-refractivity contribution in [2.75, 3.05) is 51.3 Å². The molecule has 0 aliphatic carbocycles. The molecule has 50 nitrogen and oxygen atoms in total. The summed E-state index contributed by atoms with van der Waals surface area (Å²) in [5, 5.41) is 92.8. The molecule has 32 N–H and O–H groups in total. The Morgan fingerprint density at radius 2 is 0.851 bits per heavy atom. The van der Waals surface area contributed by atoms with Gasteiger partial charge in [-0.2, -0.15) is 11.8 Å². The number of hydrogen-bond acceptors (Lipinski definition) is 26. The number of aromatic amines is 2. The third-order valence-corrected chi connectivity index (χ3v) is 21.3. The highest BCUT2D eigenvalue weighted by molar-refractivity contribution is 7.98. The first-order valence-corrected chi connectivity index (χ1v) is 45.3. The molecule has 3 heterocycles. The average Bonchev–Trinajstić information content (AvgIpc) is 1.31. The lowest BCUT2D eigenvalue weighted by Gasteiger charge is -2.29. The number of benzene rings is 1. The molecular weight excluding hydrogens is 1770 g/mol. The normalized spacial score (nSPS) is 15.3. The summed E-state index contributed by atoms with van der Waals surface area (Å²) < 4.78 is 0. The number of guanidine groups is 2. The van der Waals surface area contributed by atoms with Gasteiger partial charge in [0, 0.05) is 69.0 Å². The van der Waals surface area contributed by atoms with E-state index in [0.29, 0.717) is 29.9 Å². The van der Waals surface area contributed by atoms with Crippen LogP contribution in [0.1, 0.15) is 156 Å². The molecule has 134 heavy (non-hydrogen) atoms. The van der Waals surface area contributed by atoms with Gasteiger partial charge in [0.15, 0.2) is 11.9 Å². The summed E-state index contributed by atoms with van der Waals surface area (Å²) in [6, 6.07) is -13.3. The number of H-pyrrole nitrogens is 2. The van der Waals surface area contributed by atoms with E-state index in [2.05, 4.69) is 116 Å². The molecule has 15 atom stereocenters. The Morgan fingerprint density at radius 3 is 1.28 bits per heavy atom. The number of nitrogens with zero attached hydrogens (tertiary/aromatic N) is 2. The third kappa shape index (κ3) is 42.7. The van der Waals surface area contributed by atoms with Crippen LogP contribution in [-0.2, 0) is 110 Å². The van der Waals surface area contributed by atoms with Crippen molar-refractivity contribution in [3.05, 3.63) is 72.3 Å². The Balaban J connectivity index is 1.51. The van der Waals surface area contributed by atoms with Crippen molar-refractivity contribution >= 4 is 136 Å². The van der Waals surface area contributed by atoms with E-state index < -0.39 is 260 Å². The summed E-state index contributed by atoms with van der Waals surface area (Å²) in [5.41, 5.74) is 17.7. The molecule has 1 aromatic carbocycles. The second kappa shape index (κ2) is 59.0. The molecule has 1 saturated heterocycles. The minimum absolute atomic E-state index is 0.0310. The van der Waals surface area contributed by atoms with Gasteiger partial charge in [0.1, 0.15) is 91.1 Å². The molecule has 742 valence electrons. The first-order valence-electron chi connectivity index (χ1n) is 43.9. The van der Waals surface area contributed by atoms with E-state index >= 15 is 0 Å². The number of primary amides is 1. The van der Waals surface area contributed by atoms with Gasteiger partial charge in [-0.05, 0) is 126 Å². The van der Waals surface area contributed by atoms with Crippen LogP contribution in [0.5, 0.6) is 0 Å². The largest absolute Gasteiger partial charge is 0.481 e. The van der Waals surface area contributed by atoms with E-state index in [1.165, 1.54) is 50.7 Å². The quantitative estimate of drug-likeness (QED) is 0.0142. The molecule has 0 unspecified atom stereocenters. The van der Waals surface area contributed by atoms with Crippen LogP contribution in [0.3, 0.4) is 0 Å². The average molecular weight is 1910 g/mol. The van der Waals surface area contributed by atoms with Gasteiger partial charge in [0.25, 0.3) is 0 Å². The number of aliphatic hydroxyl groups excluding tert-OH is 1. The number of aliphatic hydroxyl groups is 1. The Kier molecular flexibility index (Phi) is 49.6. The maximum absolute atomic E-state index is 14.8. The SMILES string of the molecule is CSCC[C@H](NC(=O)[C@H](Cc1cnc[nH]1)NC(=O)[C@H](CCCNC(=N)N)NC(=O)[C@H](Cc1cnc[nH]1)NC(=O)[C@H](CCCNC(=N)N)NC(=O)[C@@H]1CCCN1)C(=O)NCC(=O)N[C@@H](C)C(=O)N[C@H](C(=O)N[C@@H](Cc1ccccc1)C(=O)N[C@@H](CC(C)C)C(=O)N[C@@H](CC(C)C)C(=O)N[C@@H](CO)C(=O)N[C@@H](CCC(N)=O)C(=O)N[C@@H](CCC(=O)O)C(=O)N[C@@H](C)C(=O)NCC(=O)O)C(C)C. The van der Waals surface area contributed by atoms with Gasteiger partial charge in [-0.15, -0.1) is 0 Å². The Morgan fingerprint density at radius 1 is 0.440 bits per heavy atom. The molecule has 0 radical (unpaired) electrons. The van der Waals surface area contributed by atoms with Crippen molar-refractivity contribution in [3.63, 3.8) is 0 Å². The summed E-state index contributed by atoms with van der Waals surface area (Å²) in [5.74, 6) is -20.5. The fourth-order valence-corrected chi connectivity index (χ4v) is 14.0. The maximum Gasteiger partial charge on any atom is 0.322 e. The molecule has 4 rings (SSSR count). The Hall–Kier alpha value is -13.6. The third-order valence-electron chi connectivity index (χ3n) is 20.7. The number of amides is 17. The molecule has 51 heteroatoms. The molecule has 1 fully saturated rings. The number of thioether (sulfide) groups is 1. The minimum Gasteiger partial charge on any atom is -0.481 e. The standard InChI is InChI=1S/C83H132N28O22S/c1-42(2)30-56(75(127)105-57(31-43(3)4)76(128)110-61(39-112)80(132)103-53(21-23-62(84)113)74(126)102-54(22-24-64(115)116)71(123)99-45(7)67(119)95-38-65(117)118)106-77(129)58(32-47-16-11-10-12-17-47)109-81(133)66(44(5)6)111-68(120)46(8)98-63(114)37-94-69(121)55(25-29-134-9)104-79(131)60(34-49-36-90-41-97-49)108-73(125)52(20-15-28-93-83(87)88)101-78(130)59(33-48-35-89-40-96-48)107-72(124)51(19-14-27-92-82(85)86)100-70(122)50-18-13-26-91-50/h10-12,16-17,35-36,40-46,50-61,66,91,112H,13-15,18-34,37-39H2,1-9H3,(H2,84,113)(H,89,96)(H,90,97)(H,94,121)(H,95,119)(H,98,114)(H,99,123)(H,100,122)(H,101,130)(H,102,126)(H,103,132)(H,104,131)(H,105,127)(H,106,129)(H,107,124)(H,108,125)(H,109,133)(H,110,128)(H,111,120)(H,115,116)(H,117,118)(H4,85,86,92)(H4,87,88,93)/t45-,46-,50-,51-,52-,53-,54-,55-,56-,57-,58-,59-,60-,61-,66-/m0/s1. The Bertz CT molecular complexity index is 4450. The van der Waals surface area contributed by atoms with Gasteiger partial charge < -0.3 is 144 Å². The predicted octanol–water partition coefficient (Wildman–Crippen LogP) is -7.79. The number of nitrogens with one attached hydrogen (secondary N) is 23. The predicted molar refractivity (Wildman–Crippen MR) is 485 cm³/mol. The number of nitrogens with two attached hydrogens (primary N) is 3. The van der Waals surface area contributed by atoms with Gasteiger partial charge in [-0.3, -0.25) is 102 Å². The van der Waals surface area contributed by atoms with Crippen LogP contribution in [-0.4, -0.2) is 302 Å². The van der Waals surface area contributed by atoms with Crippen molar-refractivity contribution in [1.82, 2.24) is 121 Å². The van der Waals surface area contributed by atoms with E-state index in [9.17, 15) is 101 Å². The van der Waals surface area contributed by atoms with Crippen molar-refractivity contribution in [1.29, 1.82) is 10.8 Å². The van der Waals surface area contributed by atoms with Crippen LogP contribution in [0, 0.1) is 28.6 Å². The summed E-state index contributed by atoms with van der Waals surface area (Å²) >= 11 is 1.31. The topological polar surface area (TPSA) is 797 Å². The minimum atomic E-state index is -1.90. The van der Waals surface area contributed by atoms with E-state index in [1.54, 1.807) is 78.1 Å². The first kappa shape index (κ1) is 113. The summed E-state index contributed by atoms with van der Waals surface area (Å²) in [4.78, 5) is 274. The zero-order valence-corrected chi connectivity index (χ0v) is 77.3. The molecule has 0 spiro atoms. The van der Waals surface area contributed by atoms with Crippen LogP contribution in [0.2, 0.25) is 0 Å². The van der Waals surface area contributed by atoms with Crippen LogP contribution in [0.4, 0.5) is 0 Å². The fraction of sp³-hybridized carbons (Fsp3) is 0.602. The summed E-state index contributed by atoms with van der Waals surface area (Å²) in [7, 11) is 0. The van der Waals surface area contributed by atoms with Crippen molar-refractivity contribution in [2.45, 2.75) is 249 Å². The lowest BCUT2D eigenvalue weighted by Crippen LogP contribution is -2.61. The number of aromatic nitrogens is 4. The molecule has 2 aromatic heterocycles. The van der Waals surface area contributed by atoms with Gasteiger partial charge in [0.05, 0.1) is 31.8 Å². The number of carbonyl (C=O) groups is 19. The summed E-state index contributed by atoms with van der Waals surface area (Å²) in [6.45, 7) is 10.5. The highest BCUT2D eigenvalue weighted by Gasteiger charge is 2.40. The molecule has 3 aromatic rings. The molecule has 0 saturated carbocycles. The molecule has 17 amide bonds. The van der Waals surface area contributed by atoms with Gasteiger partial charge >= 0.3 is 11.9 Å². The lowest BCUT2D eigenvalue weighted by molar-refractivity contribution is -0.139. The summed E-state index contributed by atoms with van der Waals surface area (Å²) in [6.07, 6.45) is 5.36. The first-order chi connectivity index (χ1) is 63.4. The number of aliphatic carboxylic acids is 2. The number of carboxylic acid groups (broad SMARTS) is 2.